The number of rotatable bonds is 2. The Morgan fingerprint density at radius 3 is 2.94 bits per heavy atom. The molecule has 0 unspecified atom stereocenters. The zero-order valence-corrected chi connectivity index (χ0v) is 8.68. The molecule has 1 atom stereocenters. The number of nitrogens with zero attached hydrogens (tertiary/aromatic N) is 1. The van der Waals surface area contributed by atoms with Gasteiger partial charge in [-0.3, -0.25) is 10.1 Å². The number of hydrogen-bond acceptors (Lipinski definition) is 4. The van der Waals surface area contributed by atoms with Crippen LogP contribution in [-0.2, 0) is 4.74 Å². The van der Waals surface area contributed by atoms with Crippen LogP contribution >= 0.6 is 0 Å². The van der Waals surface area contributed by atoms with Gasteiger partial charge in [0.25, 0.3) is 0 Å². The number of carbonyl (C=O) groups excluding carboxylic acids is 1. The second kappa shape index (κ2) is 4.36. The Bertz CT molecular complexity index is 477. The molecule has 1 heterocycles. The number of halogens is 1. The van der Waals surface area contributed by atoms with Crippen LogP contribution in [0.15, 0.2) is 18.2 Å². The minimum absolute atomic E-state index is 0.238. The summed E-state index contributed by atoms with van der Waals surface area (Å²) in [5.41, 5.74) is -0.0991. The van der Waals surface area contributed by atoms with Gasteiger partial charge in [-0.1, -0.05) is 6.07 Å². The zero-order chi connectivity index (χ0) is 12.4. The van der Waals surface area contributed by atoms with Gasteiger partial charge in [0, 0.05) is 12.5 Å². The van der Waals surface area contributed by atoms with Crippen LogP contribution in [0.5, 0.6) is 0 Å². The number of benzene rings is 1. The predicted octanol–water partition coefficient (Wildman–Crippen LogP) is 1.90. The first-order valence-electron chi connectivity index (χ1n) is 4.95. The van der Waals surface area contributed by atoms with Crippen LogP contribution in [0, 0.1) is 15.9 Å². The van der Waals surface area contributed by atoms with E-state index < -0.39 is 22.5 Å². The predicted molar refractivity (Wildman–Crippen MR) is 54.9 cm³/mol. The molecule has 1 saturated heterocycles. The molecule has 17 heavy (non-hydrogen) atoms. The Morgan fingerprint density at radius 1 is 1.53 bits per heavy atom. The topological polar surface area (TPSA) is 81.5 Å². The van der Waals surface area contributed by atoms with E-state index in [1.165, 1.54) is 6.07 Å². The first kappa shape index (κ1) is 11.3. The number of carbonyl (C=O) groups is 1. The number of nitrogens with one attached hydrogen (secondary N) is 1. The highest BCUT2D eigenvalue weighted by molar-refractivity contribution is 5.68. The first-order valence-corrected chi connectivity index (χ1v) is 4.95. The second-order valence-corrected chi connectivity index (χ2v) is 3.59. The maximum Gasteiger partial charge on any atom is 0.407 e. The quantitative estimate of drug-likeness (QED) is 0.632. The van der Waals surface area contributed by atoms with Crippen LogP contribution in [0.2, 0.25) is 0 Å². The average Bonchev–Trinajstić information content (AvgIpc) is 2.29. The molecule has 1 amide bonds. The SMILES string of the molecule is O=C1N[C@H](c2ccc(F)c([N+](=O)[O-])c2)CCO1. The van der Waals surface area contributed by atoms with Crippen molar-refractivity contribution in [3.05, 3.63) is 39.7 Å². The van der Waals surface area contributed by atoms with Gasteiger partial charge >= 0.3 is 11.8 Å². The Kier molecular flexibility index (Phi) is 2.90. The van der Waals surface area contributed by atoms with Gasteiger partial charge in [0.15, 0.2) is 0 Å². The van der Waals surface area contributed by atoms with Crippen molar-refractivity contribution in [2.45, 2.75) is 12.5 Å². The molecule has 1 fully saturated rings. The number of alkyl carbamates (subject to hydrolysis) is 1. The number of hydrogen-bond donors (Lipinski definition) is 1. The molecule has 90 valence electrons. The Morgan fingerprint density at radius 2 is 2.29 bits per heavy atom. The molecule has 6 nitrogen and oxygen atoms in total. The Labute approximate surface area is 95.5 Å². The number of nitro benzene ring substituents is 1. The summed E-state index contributed by atoms with van der Waals surface area (Å²) in [4.78, 5) is 20.8. The van der Waals surface area contributed by atoms with Gasteiger partial charge in [-0.25, -0.2) is 4.79 Å². The normalized spacial score (nSPS) is 19.4. The molecule has 1 N–H and O–H groups in total. The van der Waals surface area contributed by atoms with Gasteiger partial charge < -0.3 is 10.1 Å². The summed E-state index contributed by atoms with van der Waals surface area (Å²) in [5, 5.41) is 13.1. The summed E-state index contributed by atoms with van der Waals surface area (Å²) >= 11 is 0. The van der Waals surface area contributed by atoms with E-state index >= 15 is 0 Å². The molecule has 0 aliphatic carbocycles. The highest BCUT2D eigenvalue weighted by Gasteiger charge is 2.23. The molecule has 2 rings (SSSR count). The highest BCUT2D eigenvalue weighted by Crippen LogP contribution is 2.25. The molecule has 1 aliphatic rings. The van der Waals surface area contributed by atoms with Crippen LogP contribution in [0.4, 0.5) is 14.9 Å². The van der Waals surface area contributed by atoms with Crippen LogP contribution < -0.4 is 5.32 Å². The lowest BCUT2D eigenvalue weighted by atomic mass is 10.0. The molecule has 0 aromatic heterocycles. The van der Waals surface area contributed by atoms with Crippen molar-refractivity contribution in [2.75, 3.05) is 6.61 Å². The number of amides is 1. The molecular formula is C10H9FN2O4. The van der Waals surface area contributed by atoms with Crippen LogP contribution in [0.3, 0.4) is 0 Å². The van der Waals surface area contributed by atoms with Crippen molar-refractivity contribution in [3.8, 4) is 0 Å². The molecule has 0 bridgehead atoms. The summed E-state index contributed by atoms with van der Waals surface area (Å²) in [6.07, 6.45) is -0.0811. The maximum absolute atomic E-state index is 13.1. The third-order valence-electron chi connectivity index (χ3n) is 2.50. The van der Waals surface area contributed by atoms with Crippen LogP contribution in [0.1, 0.15) is 18.0 Å². The van der Waals surface area contributed by atoms with E-state index in [2.05, 4.69) is 10.1 Å². The van der Waals surface area contributed by atoms with Crippen LogP contribution in [-0.4, -0.2) is 17.6 Å². The lowest BCUT2D eigenvalue weighted by Crippen LogP contribution is -2.35. The standard InChI is InChI=1S/C10H9FN2O4/c11-7-2-1-6(5-9(7)13(15)16)8-3-4-17-10(14)12-8/h1-2,5,8H,3-4H2,(H,12,14)/t8-/m0/s1. The first-order chi connectivity index (χ1) is 8.08. The fourth-order valence-electron chi connectivity index (χ4n) is 1.66. The fourth-order valence-corrected chi connectivity index (χ4v) is 1.66. The average molecular weight is 240 g/mol. The van der Waals surface area contributed by atoms with Crippen molar-refractivity contribution < 1.29 is 18.8 Å². The zero-order valence-electron chi connectivity index (χ0n) is 8.68. The Hall–Kier alpha value is -2.18. The highest BCUT2D eigenvalue weighted by atomic mass is 19.1. The molecule has 0 saturated carbocycles. The fraction of sp³-hybridized carbons (Fsp3) is 0.300. The second-order valence-electron chi connectivity index (χ2n) is 3.59. The molecule has 0 spiro atoms. The van der Waals surface area contributed by atoms with Gasteiger partial charge in [0.1, 0.15) is 0 Å². The van der Waals surface area contributed by atoms with E-state index in [1.807, 2.05) is 0 Å². The maximum atomic E-state index is 13.1. The van der Waals surface area contributed by atoms with Gasteiger partial charge in [-0.05, 0) is 11.6 Å². The van der Waals surface area contributed by atoms with E-state index in [4.69, 9.17) is 0 Å². The minimum atomic E-state index is -0.892. The van der Waals surface area contributed by atoms with Crippen LogP contribution in [0.25, 0.3) is 0 Å². The van der Waals surface area contributed by atoms with E-state index in [0.717, 1.165) is 12.1 Å². The lowest BCUT2D eigenvalue weighted by Gasteiger charge is -2.23. The van der Waals surface area contributed by atoms with Gasteiger partial charge in [-0.15, -0.1) is 0 Å². The van der Waals surface area contributed by atoms with E-state index in [-0.39, 0.29) is 12.6 Å². The largest absolute Gasteiger partial charge is 0.449 e. The third kappa shape index (κ3) is 2.32. The minimum Gasteiger partial charge on any atom is -0.449 e. The molecule has 1 aliphatic heterocycles. The van der Waals surface area contributed by atoms with E-state index in [1.54, 1.807) is 0 Å². The van der Waals surface area contributed by atoms with Gasteiger partial charge in [-0.2, -0.15) is 4.39 Å². The number of ether oxygens (including phenoxy) is 1. The van der Waals surface area contributed by atoms with Crippen molar-refractivity contribution in [1.29, 1.82) is 0 Å². The van der Waals surface area contributed by atoms with E-state index in [9.17, 15) is 19.3 Å². The summed E-state index contributed by atoms with van der Waals surface area (Å²) in [7, 11) is 0. The monoisotopic (exact) mass is 240 g/mol. The molecule has 0 radical (unpaired) electrons. The smallest absolute Gasteiger partial charge is 0.407 e. The summed E-state index contributed by atoms with van der Waals surface area (Å²) in [6, 6.07) is 3.19. The number of cyclic esters (lactones) is 1. The third-order valence-corrected chi connectivity index (χ3v) is 2.50. The Balaban J connectivity index is 2.29. The van der Waals surface area contributed by atoms with Crippen molar-refractivity contribution in [1.82, 2.24) is 5.32 Å². The lowest BCUT2D eigenvalue weighted by molar-refractivity contribution is -0.387. The summed E-state index contributed by atoms with van der Waals surface area (Å²) in [6.45, 7) is 0.238. The summed E-state index contributed by atoms with van der Waals surface area (Å²) in [5.74, 6) is -0.892. The molecular weight excluding hydrogens is 231 g/mol. The van der Waals surface area contributed by atoms with E-state index in [0.29, 0.717) is 12.0 Å². The van der Waals surface area contributed by atoms with Crippen molar-refractivity contribution >= 4 is 11.8 Å². The summed E-state index contributed by atoms with van der Waals surface area (Å²) < 4.78 is 17.8. The van der Waals surface area contributed by atoms with Crippen molar-refractivity contribution in [3.63, 3.8) is 0 Å². The molecule has 7 heteroatoms. The molecule has 1 aromatic rings. The molecule has 1 aromatic carbocycles. The number of nitro groups is 1. The van der Waals surface area contributed by atoms with Gasteiger partial charge in [0.05, 0.1) is 17.6 Å². The van der Waals surface area contributed by atoms with Gasteiger partial charge in [0.2, 0.25) is 5.82 Å². The van der Waals surface area contributed by atoms with Crippen molar-refractivity contribution in [2.24, 2.45) is 0 Å².